The molecule has 0 amide bonds. The van der Waals surface area contributed by atoms with Gasteiger partial charge in [-0.15, -0.1) is 0 Å². The van der Waals surface area contributed by atoms with Crippen molar-refractivity contribution >= 4 is 35.4 Å². The normalized spacial score (nSPS) is 13.5. The minimum Gasteiger partial charge on any atom is -0.497 e. The molecule has 9 nitrogen and oxygen atoms in total. The zero-order valence-corrected chi connectivity index (χ0v) is 20.0. The molecule has 1 aliphatic rings. The summed E-state index contributed by atoms with van der Waals surface area (Å²) < 4.78 is 10.7. The summed E-state index contributed by atoms with van der Waals surface area (Å²) >= 11 is 0. The Morgan fingerprint density at radius 2 is 1.50 bits per heavy atom. The van der Waals surface area contributed by atoms with Crippen LogP contribution in [0.4, 0.5) is 29.2 Å². The highest BCUT2D eigenvalue weighted by Crippen LogP contribution is 2.33. The van der Waals surface area contributed by atoms with Crippen molar-refractivity contribution in [2.24, 2.45) is 5.10 Å². The Bertz CT molecular complexity index is 1240. The molecule has 1 N–H and O–H groups in total. The topological polar surface area (TPSA) is 88.0 Å². The molecular weight excluding hydrogens is 454 g/mol. The Hall–Kier alpha value is -4.50. The minimum atomic E-state index is 0.350. The second-order valence-electron chi connectivity index (χ2n) is 8.01. The number of para-hydroxylation sites is 2. The molecule has 1 saturated heterocycles. The summed E-state index contributed by atoms with van der Waals surface area (Å²) in [5, 5.41) is 4.37. The van der Waals surface area contributed by atoms with Gasteiger partial charge in [-0.2, -0.15) is 20.1 Å². The lowest BCUT2D eigenvalue weighted by Gasteiger charge is -2.28. The van der Waals surface area contributed by atoms with Gasteiger partial charge >= 0.3 is 0 Å². The van der Waals surface area contributed by atoms with Crippen molar-refractivity contribution in [3.05, 3.63) is 90.5 Å². The second kappa shape index (κ2) is 11.3. The van der Waals surface area contributed by atoms with Gasteiger partial charge in [0.15, 0.2) is 0 Å². The largest absolute Gasteiger partial charge is 0.497 e. The molecule has 0 aliphatic carbocycles. The van der Waals surface area contributed by atoms with E-state index in [0.717, 1.165) is 22.7 Å². The highest BCUT2D eigenvalue weighted by atomic mass is 16.5. The Kier molecular flexibility index (Phi) is 7.29. The maximum absolute atomic E-state index is 5.53. The van der Waals surface area contributed by atoms with Gasteiger partial charge in [0.2, 0.25) is 17.8 Å². The molecular formula is C27H27N7O2. The van der Waals surface area contributed by atoms with Crippen molar-refractivity contribution in [2.75, 3.05) is 48.6 Å². The van der Waals surface area contributed by atoms with E-state index < -0.39 is 0 Å². The van der Waals surface area contributed by atoms with Crippen LogP contribution in [0.15, 0.2) is 90.0 Å². The maximum atomic E-state index is 5.53. The number of nitrogens with one attached hydrogen (secondary N) is 1. The van der Waals surface area contributed by atoms with Gasteiger partial charge in [0.1, 0.15) is 5.75 Å². The third-order valence-corrected chi connectivity index (χ3v) is 5.63. The van der Waals surface area contributed by atoms with Gasteiger partial charge in [0.25, 0.3) is 0 Å². The molecule has 1 aromatic heterocycles. The van der Waals surface area contributed by atoms with Crippen LogP contribution in [0.1, 0.15) is 5.56 Å². The summed E-state index contributed by atoms with van der Waals surface area (Å²) in [4.78, 5) is 18.4. The van der Waals surface area contributed by atoms with Crippen molar-refractivity contribution in [3.8, 4) is 5.75 Å². The SMILES string of the molecule is COc1ccc(/C=N\Nc2nc(N3CCOCC3)nc(N(c3ccccc3)c3ccccc3)n2)cc1. The van der Waals surface area contributed by atoms with Crippen LogP contribution < -0.4 is 20.0 Å². The fourth-order valence-corrected chi connectivity index (χ4v) is 3.80. The lowest BCUT2D eigenvalue weighted by Crippen LogP contribution is -2.37. The zero-order chi connectivity index (χ0) is 24.6. The molecule has 0 spiro atoms. The number of morpholine rings is 1. The third-order valence-electron chi connectivity index (χ3n) is 5.63. The smallest absolute Gasteiger partial charge is 0.250 e. The van der Waals surface area contributed by atoms with Gasteiger partial charge in [-0.1, -0.05) is 36.4 Å². The summed E-state index contributed by atoms with van der Waals surface area (Å²) in [6.45, 7) is 2.66. The van der Waals surface area contributed by atoms with Gasteiger partial charge in [-0.25, -0.2) is 5.43 Å². The number of hydrogen-bond acceptors (Lipinski definition) is 9. The molecule has 5 rings (SSSR count). The first-order chi connectivity index (χ1) is 17.8. The molecule has 0 bridgehead atoms. The van der Waals surface area contributed by atoms with Gasteiger partial charge in [0.05, 0.1) is 26.5 Å². The van der Waals surface area contributed by atoms with E-state index in [1.54, 1.807) is 13.3 Å². The summed E-state index contributed by atoms with van der Waals surface area (Å²) in [5.74, 6) is 2.20. The number of nitrogens with zero attached hydrogens (tertiary/aromatic N) is 6. The van der Waals surface area contributed by atoms with Crippen molar-refractivity contribution < 1.29 is 9.47 Å². The standard InChI is InChI=1S/C27H27N7O2/c1-35-24-14-12-21(13-15-24)20-28-32-25-29-26(33-16-18-36-19-17-33)31-27(30-25)34(22-8-4-2-5-9-22)23-10-6-3-7-11-23/h2-15,20H,16-19H2,1H3,(H,29,30,31,32)/b28-20-. The van der Waals surface area contributed by atoms with E-state index in [9.17, 15) is 0 Å². The molecule has 0 radical (unpaired) electrons. The van der Waals surface area contributed by atoms with E-state index in [0.29, 0.717) is 44.1 Å². The number of aromatic nitrogens is 3. The fraction of sp³-hybridized carbons (Fsp3) is 0.185. The number of anilines is 5. The number of hydrazone groups is 1. The van der Waals surface area contributed by atoms with Crippen LogP contribution in [0.3, 0.4) is 0 Å². The third kappa shape index (κ3) is 5.59. The van der Waals surface area contributed by atoms with Crippen molar-refractivity contribution in [1.82, 2.24) is 15.0 Å². The first-order valence-corrected chi connectivity index (χ1v) is 11.7. The van der Waals surface area contributed by atoms with E-state index in [1.165, 1.54) is 0 Å². The summed E-state index contributed by atoms with van der Waals surface area (Å²) in [6.07, 6.45) is 1.71. The highest BCUT2D eigenvalue weighted by molar-refractivity contribution is 5.80. The van der Waals surface area contributed by atoms with Crippen LogP contribution in [-0.2, 0) is 4.74 Å². The summed E-state index contributed by atoms with van der Waals surface area (Å²) in [6, 6.07) is 27.7. The van der Waals surface area contributed by atoms with Crippen LogP contribution in [0.25, 0.3) is 0 Å². The van der Waals surface area contributed by atoms with E-state index in [2.05, 4.69) is 20.4 Å². The van der Waals surface area contributed by atoms with Crippen LogP contribution in [0.2, 0.25) is 0 Å². The molecule has 2 heterocycles. The Morgan fingerprint density at radius 1 is 0.861 bits per heavy atom. The predicted octanol–water partition coefficient (Wildman–Crippen LogP) is 4.63. The Morgan fingerprint density at radius 3 is 2.11 bits per heavy atom. The molecule has 182 valence electrons. The van der Waals surface area contributed by atoms with E-state index >= 15 is 0 Å². The minimum absolute atomic E-state index is 0.350. The van der Waals surface area contributed by atoms with Gasteiger partial charge < -0.3 is 14.4 Å². The molecule has 1 fully saturated rings. The number of hydrogen-bond donors (Lipinski definition) is 1. The van der Waals surface area contributed by atoms with Crippen molar-refractivity contribution in [3.63, 3.8) is 0 Å². The van der Waals surface area contributed by atoms with Crippen molar-refractivity contribution in [2.45, 2.75) is 0 Å². The molecule has 1 aliphatic heterocycles. The summed E-state index contributed by atoms with van der Waals surface area (Å²) in [5.41, 5.74) is 5.79. The maximum Gasteiger partial charge on any atom is 0.250 e. The number of ether oxygens (including phenoxy) is 2. The van der Waals surface area contributed by atoms with Crippen LogP contribution in [0.5, 0.6) is 5.75 Å². The molecule has 0 atom stereocenters. The second-order valence-corrected chi connectivity index (χ2v) is 8.01. The highest BCUT2D eigenvalue weighted by Gasteiger charge is 2.21. The Balaban J connectivity index is 1.51. The molecule has 4 aromatic rings. The van der Waals surface area contributed by atoms with Crippen LogP contribution >= 0.6 is 0 Å². The van der Waals surface area contributed by atoms with E-state index in [1.807, 2.05) is 89.8 Å². The zero-order valence-electron chi connectivity index (χ0n) is 20.0. The van der Waals surface area contributed by atoms with Gasteiger partial charge in [0, 0.05) is 24.5 Å². The van der Waals surface area contributed by atoms with Gasteiger partial charge in [-0.05, 0) is 54.1 Å². The van der Waals surface area contributed by atoms with Crippen LogP contribution in [0, 0.1) is 0 Å². The molecule has 9 heteroatoms. The number of methoxy groups -OCH3 is 1. The fourth-order valence-electron chi connectivity index (χ4n) is 3.80. The molecule has 0 saturated carbocycles. The van der Waals surface area contributed by atoms with E-state index in [-0.39, 0.29) is 0 Å². The number of rotatable bonds is 8. The quantitative estimate of drug-likeness (QED) is 0.288. The molecule has 3 aromatic carbocycles. The number of benzene rings is 3. The first kappa shape index (κ1) is 23.3. The average Bonchev–Trinajstić information content (AvgIpc) is 2.95. The lowest BCUT2D eigenvalue weighted by atomic mass is 10.2. The molecule has 0 unspecified atom stereocenters. The molecule has 36 heavy (non-hydrogen) atoms. The van der Waals surface area contributed by atoms with Gasteiger partial charge in [-0.3, -0.25) is 4.90 Å². The summed E-state index contributed by atoms with van der Waals surface area (Å²) in [7, 11) is 1.64. The van der Waals surface area contributed by atoms with Crippen molar-refractivity contribution in [1.29, 1.82) is 0 Å². The van der Waals surface area contributed by atoms with Crippen LogP contribution in [-0.4, -0.2) is 54.6 Å². The Labute approximate surface area is 210 Å². The van der Waals surface area contributed by atoms with E-state index in [4.69, 9.17) is 19.4 Å². The lowest BCUT2D eigenvalue weighted by molar-refractivity contribution is 0.122. The first-order valence-electron chi connectivity index (χ1n) is 11.7. The monoisotopic (exact) mass is 481 g/mol. The predicted molar refractivity (Wildman–Crippen MR) is 142 cm³/mol. The average molecular weight is 482 g/mol.